The lowest BCUT2D eigenvalue weighted by Crippen LogP contribution is -2.63. The number of amides is 1. The van der Waals surface area contributed by atoms with Gasteiger partial charge in [0.05, 0.1) is 12.6 Å². The van der Waals surface area contributed by atoms with Crippen LogP contribution in [-0.2, 0) is 24.6 Å². The van der Waals surface area contributed by atoms with Gasteiger partial charge in [-0.1, -0.05) is 91.0 Å². The van der Waals surface area contributed by atoms with Gasteiger partial charge in [0.25, 0.3) is 5.91 Å². The van der Waals surface area contributed by atoms with Crippen molar-refractivity contribution in [3.8, 4) is 0 Å². The van der Waals surface area contributed by atoms with Gasteiger partial charge in [-0.05, 0) is 30.5 Å². The van der Waals surface area contributed by atoms with E-state index in [-0.39, 0.29) is 12.5 Å². The van der Waals surface area contributed by atoms with Gasteiger partial charge in [-0.15, -0.1) is 0 Å². The van der Waals surface area contributed by atoms with Crippen molar-refractivity contribution >= 4 is 5.91 Å². The summed E-state index contributed by atoms with van der Waals surface area (Å²) in [4.78, 5) is 12.8. The van der Waals surface area contributed by atoms with E-state index in [2.05, 4.69) is 5.32 Å². The standard InChI is InChI=1S/C28H29NO5/c1-27(2)33-24-23(30)22(29-26(31)25(24)34-27)18-32-28(19-12-6-3-7-13-19,20-14-8-4-9-15-20)21-16-10-5-11-17-21/h3-17,22-25,30H,18H2,1-2H3,(H,29,31)/t22-,23+,24+,25+/m1/s1. The van der Waals surface area contributed by atoms with Crippen molar-refractivity contribution in [2.75, 3.05) is 6.61 Å². The number of fused-ring (bicyclic) bond motifs is 1. The second-order valence-electron chi connectivity index (χ2n) is 9.22. The highest BCUT2D eigenvalue weighted by Gasteiger charge is 2.54. The fourth-order valence-electron chi connectivity index (χ4n) is 4.94. The molecule has 176 valence electrons. The Bertz CT molecular complexity index is 1020. The first-order valence-corrected chi connectivity index (χ1v) is 11.6. The molecule has 2 aliphatic heterocycles. The highest BCUT2D eigenvalue weighted by molar-refractivity contribution is 5.83. The average Bonchev–Trinajstić information content (AvgIpc) is 3.21. The molecule has 3 aromatic carbocycles. The number of piperidine rings is 1. The molecule has 1 amide bonds. The van der Waals surface area contributed by atoms with Crippen molar-refractivity contribution in [2.24, 2.45) is 0 Å². The fourth-order valence-corrected chi connectivity index (χ4v) is 4.94. The molecular formula is C28H29NO5. The molecule has 3 aromatic rings. The van der Waals surface area contributed by atoms with E-state index in [4.69, 9.17) is 14.2 Å². The molecule has 4 atom stereocenters. The minimum atomic E-state index is -0.982. The normalized spacial score (nSPS) is 26.0. The molecule has 0 radical (unpaired) electrons. The number of rotatable bonds is 6. The van der Waals surface area contributed by atoms with Gasteiger partial charge in [0.1, 0.15) is 17.8 Å². The number of benzene rings is 3. The fraction of sp³-hybridized carbons (Fsp3) is 0.321. The minimum absolute atomic E-state index is 0.0681. The highest BCUT2D eigenvalue weighted by Crippen LogP contribution is 2.41. The Morgan fingerprint density at radius 3 is 1.79 bits per heavy atom. The molecule has 0 aromatic heterocycles. The van der Waals surface area contributed by atoms with E-state index in [0.29, 0.717) is 0 Å². The molecule has 6 heteroatoms. The van der Waals surface area contributed by atoms with Gasteiger partial charge in [-0.3, -0.25) is 4.79 Å². The minimum Gasteiger partial charge on any atom is -0.388 e. The van der Waals surface area contributed by atoms with Gasteiger partial charge in [0.2, 0.25) is 0 Å². The average molecular weight is 460 g/mol. The summed E-state index contributed by atoms with van der Waals surface area (Å²) in [6, 6.07) is 29.3. The number of hydrogen-bond donors (Lipinski definition) is 2. The largest absolute Gasteiger partial charge is 0.388 e. The van der Waals surface area contributed by atoms with Crippen LogP contribution in [0.25, 0.3) is 0 Å². The zero-order valence-corrected chi connectivity index (χ0v) is 19.3. The summed E-state index contributed by atoms with van der Waals surface area (Å²) in [7, 11) is 0. The number of aliphatic hydroxyl groups is 1. The maximum absolute atomic E-state index is 12.8. The van der Waals surface area contributed by atoms with E-state index in [1.54, 1.807) is 13.8 Å². The summed E-state index contributed by atoms with van der Waals surface area (Å²) in [5, 5.41) is 14.0. The van der Waals surface area contributed by atoms with Crippen molar-refractivity contribution in [3.05, 3.63) is 108 Å². The number of aliphatic hydroxyl groups excluding tert-OH is 1. The monoisotopic (exact) mass is 459 g/mol. The Balaban J connectivity index is 1.53. The summed E-state index contributed by atoms with van der Waals surface area (Å²) >= 11 is 0. The van der Waals surface area contributed by atoms with Crippen molar-refractivity contribution in [1.82, 2.24) is 5.32 Å². The number of carbonyl (C=O) groups excluding carboxylic acids is 1. The summed E-state index contributed by atoms with van der Waals surface area (Å²) in [5.74, 6) is -1.25. The molecule has 0 unspecified atom stereocenters. The Morgan fingerprint density at radius 1 is 0.853 bits per heavy atom. The molecule has 0 saturated carbocycles. The van der Waals surface area contributed by atoms with Crippen LogP contribution in [-0.4, -0.2) is 47.8 Å². The van der Waals surface area contributed by atoms with E-state index >= 15 is 0 Å². The maximum atomic E-state index is 12.8. The van der Waals surface area contributed by atoms with Crippen molar-refractivity contribution in [3.63, 3.8) is 0 Å². The van der Waals surface area contributed by atoms with Crippen molar-refractivity contribution < 1.29 is 24.1 Å². The van der Waals surface area contributed by atoms with Crippen LogP contribution in [0.5, 0.6) is 0 Å². The van der Waals surface area contributed by atoms with Gasteiger partial charge < -0.3 is 24.6 Å². The summed E-state index contributed by atoms with van der Waals surface area (Å²) < 4.78 is 18.3. The highest BCUT2D eigenvalue weighted by atomic mass is 16.8. The topological polar surface area (TPSA) is 77.0 Å². The lowest BCUT2D eigenvalue weighted by molar-refractivity contribution is -0.157. The summed E-state index contributed by atoms with van der Waals surface area (Å²) in [6.45, 7) is 3.54. The lowest BCUT2D eigenvalue weighted by Gasteiger charge is -2.40. The van der Waals surface area contributed by atoms with Crippen LogP contribution in [0.1, 0.15) is 30.5 Å². The first-order valence-electron chi connectivity index (χ1n) is 11.6. The van der Waals surface area contributed by atoms with Crippen LogP contribution in [0.3, 0.4) is 0 Å². The number of hydrogen-bond acceptors (Lipinski definition) is 5. The number of carbonyl (C=O) groups is 1. The molecule has 2 heterocycles. The Labute approximate surface area is 199 Å². The van der Waals surface area contributed by atoms with E-state index in [9.17, 15) is 9.90 Å². The SMILES string of the molecule is CC1(C)O[C@H]2[C@@H](O)[C@@H](COC(c3ccccc3)(c3ccccc3)c3ccccc3)NC(=O)[C@H]2O1. The van der Waals surface area contributed by atoms with Crippen LogP contribution in [0.4, 0.5) is 0 Å². The number of ether oxygens (including phenoxy) is 3. The van der Waals surface area contributed by atoms with Crippen molar-refractivity contribution in [1.29, 1.82) is 0 Å². The number of nitrogens with one attached hydrogen (secondary N) is 1. The van der Waals surface area contributed by atoms with Gasteiger partial charge >= 0.3 is 0 Å². The Kier molecular flexibility index (Phi) is 6.00. The third kappa shape index (κ3) is 4.03. The van der Waals surface area contributed by atoms with Crippen molar-refractivity contribution in [2.45, 2.75) is 49.6 Å². The lowest BCUT2D eigenvalue weighted by atomic mass is 9.80. The predicted molar refractivity (Wildman–Crippen MR) is 127 cm³/mol. The van der Waals surface area contributed by atoms with E-state index in [0.717, 1.165) is 16.7 Å². The first-order chi connectivity index (χ1) is 16.4. The molecule has 5 rings (SSSR count). The van der Waals surface area contributed by atoms with E-state index < -0.39 is 35.7 Å². The third-order valence-electron chi connectivity index (χ3n) is 6.48. The molecular weight excluding hydrogens is 430 g/mol. The maximum Gasteiger partial charge on any atom is 0.252 e. The Hall–Kier alpha value is -3.03. The van der Waals surface area contributed by atoms with Crippen LogP contribution in [0.15, 0.2) is 91.0 Å². The molecule has 6 nitrogen and oxygen atoms in total. The zero-order valence-electron chi connectivity index (χ0n) is 19.3. The molecule has 0 bridgehead atoms. The molecule has 0 spiro atoms. The summed E-state index contributed by atoms with van der Waals surface area (Å²) in [5.41, 5.74) is 1.90. The Morgan fingerprint density at radius 2 is 1.32 bits per heavy atom. The molecule has 0 aliphatic carbocycles. The van der Waals surface area contributed by atoms with Gasteiger partial charge in [0.15, 0.2) is 11.9 Å². The quantitative estimate of drug-likeness (QED) is 0.553. The smallest absolute Gasteiger partial charge is 0.252 e. The van der Waals surface area contributed by atoms with Crippen LogP contribution in [0, 0.1) is 0 Å². The molecule has 34 heavy (non-hydrogen) atoms. The van der Waals surface area contributed by atoms with Gasteiger partial charge in [0, 0.05) is 0 Å². The third-order valence-corrected chi connectivity index (χ3v) is 6.48. The molecule has 2 saturated heterocycles. The zero-order chi connectivity index (χ0) is 23.8. The molecule has 2 fully saturated rings. The van der Waals surface area contributed by atoms with Gasteiger partial charge in [-0.25, -0.2) is 0 Å². The van der Waals surface area contributed by atoms with Crippen LogP contribution < -0.4 is 5.32 Å². The summed E-state index contributed by atoms with van der Waals surface area (Å²) in [6.07, 6.45) is -2.58. The van der Waals surface area contributed by atoms with E-state index in [1.165, 1.54) is 0 Å². The van der Waals surface area contributed by atoms with E-state index in [1.807, 2.05) is 91.0 Å². The second kappa shape index (κ2) is 8.96. The van der Waals surface area contributed by atoms with Crippen LogP contribution >= 0.6 is 0 Å². The second-order valence-corrected chi connectivity index (χ2v) is 9.22. The predicted octanol–water partition coefficient (Wildman–Crippen LogP) is 3.37. The van der Waals surface area contributed by atoms with Gasteiger partial charge in [-0.2, -0.15) is 0 Å². The first kappa shape index (κ1) is 22.7. The molecule has 2 N–H and O–H groups in total. The van der Waals surface area contributed by atoms with Crippen LogP contribution in [0.2, 0.25) is 0 Å². The molecule has 2 aliphatic rings.